The Kier molecular flexibility index (Phi) is 3.75. The number of aliphatic hydroxyl groups is 1. The van der Waals surface area contributed by atoms with E-state index in [1.165, 1.54) is 6.39 Å². The molecule has 1 N–H and O–H groups in total. The second kappa shape index (κ2) is 5.69. The van der Waals surface area contributed by atoms with Crippen LogP contribution in [0.4, 0.5) is 0 Å². The molecule has 1 saturated carbocycles. The molecule has 1 fully saturated rings. The highest BCUT2D eigenvalue weighted by Gasteiger charge is 2.29. The highest BCUT2D eigenvalue weighted by Crippen LogP contribution is 2.28. The quantitative estimate of drug-likeness (QED) is 0.935. The molecule has 0 atom stereocenters. The Hall–Kier alpha value is -2.14. The van der Waals surface area contributed by atoms with Crippen molar-refractivity contribution in [2.45, 2.75) is 18.9 Å². The molecule has 5 heteroatoms. The van der Waals surface area contributed by atoms with Gasteiger partial charge < -0.3 is 14.4 Å². The first-order chi connectivity index (χ1) is 10.1. The minimum Gasteiger partial charge on any atom is -0.444 e. The van der Waals surface area contributed by atoms with Gasteiger partial charge >= 0.3 is 0 Å². The number of aliphatic hydroxyl groups excluding tert-OH is 1. The zero-order valence-corrected chi connectivity index (χ0v) is 11.9. The highest BCUT2D eigenvalue weighted by molar-refractivity contribution is 5.94. The standard InChI is InChI=1S/C16H18N2O3/c1-18(9-11-6-14(19)7-11)16(20)13-4-2-12(3-5-13)15-8-17-10-21-15/h2-5,8,10-11,14,19H,6-7,9H2,1H3. The Morgan fingerprint density at radius 2 is 2.10 bits per heavy atom. The number of rotatable bonds is 4. The second-order valence-corrected chi connectivity index (χ2v) is 5.62. The molecular formula is C16H18N2O3. The van der Waals surface area contributed by atoms with Crippen molar-refractivity contribution in [1.29, 1.82) is 0 Å². The summed E-state index contributed by atoms with van der Waals surface area (Å²) < 4.78 is 5.22. The maximum absolute atomic E-state index is 12.3. The van der Waals surface area contributed by atoms with E-state index in [9.17, 15) is 9.90 Å². The van der Waals surface area contributed by atoms with Crippen molar-refractivity contribution >= 4 is 5.91 Å². The van der Waals surface area contributed by atoms with Crippen LogP contribution < -0.4 is 0 Å². The Bertz CT molecular complexity index is 601. The summed E-state index contributed by atoms with van der Waals surface area (Å²) >= 11 is 0. The lowest BCUT2D eigenvalue weighted by Crippen LogP contribution is -2.39. The smallest absolute Gasteiger partial charge is 0.253 e. The number of oxazole rings is 1. The van der Waals surface area contributed by atoms with Crippen molar-refractivity contribution < 1.29 is 14.3 Å². The molecule has 21 heavy (non-hydrogen) atoms. The van der Waals surface area contributed by atoms with E-state index < -0.39 is 0 Å². The predicted octanol–water partition coefficient (Wildman–Crippen LogP) is 2.18. The topological polar surface area (TPSA) is 66.6 Å². The maximum Gasteiger partial charge on any atom is 0.253 e. The fourth-order valence-corrected chi connectivity index (χ4v) is 2.68. The zero-order valence-electron chi connectivity index (χ0n) is 11.9. The molecule has 2 aromatic rings. The molecule has 5 nitrogen and oxygen atoms in total. The molecule has 1 aromatic carbocycles. The Balaban J connectivity index is 1.64. The molecule has 3 rings (SSSR count). The number of hydrogen-bond donors (Lipinski definition) is 1. The van der Waals surface area contributed by atoms with Gasteiger partial charge in [0.1, 0.15) is 0 Å². The third kappa shape index (κ3) is 2.97. The number of aromatic nitrogens is 1. The van der Waals surface area contributed by atoms with Crippen LogP contribution in [0.5, 0.6) is 0 Å². The van der Waals surface area contributed by atoms with Gasteiger partial charge in [-0.05, 0) is 30.9 Å². The Morgan fingerprint density at radius 3 is 2.67 bits per heavy atom. The Morgan fingerprint density at radius 1 is 1.38 bits per heavy atom. The summed E-state index contributed by atoms with van der Waals surface area (Å²) in [5.74, 6) is 1.11. The van der Waals surface area contributed by atoms with Crippen molar-refractivity contribution in [2.75, 3.05) is 13.6 Å². The van der Waals surface area contributed by atoms with Gasteiger partial charge in [-0.15, -0.1) is 0 Å². The van der Waals surface area contributed by atoms with E-state index in [1.54, 1.807) is 30.3 Å². The zero-order chi connectivity index (χ0) is 14.8. The van der Waals surface area contributed by atoms with Crippen LogP contribution in [0.3, 0.4) is 0 Å². The summed E-state index contributed by atoms with van der Waals surface area (Å²) in [6.45, 7) is 0.694. The molecule has 1 amide bonds. The third-order valence-corrected chi connectivity index (χ3v) is 3.94. The summed E-state index contributed by atoms with van der Waals surface area (Å²) in [7, 11) is 1.80. The first-order valence-corrected chi connectivity index (χ1v) is 7.06. The molecule has 1 aromatic heterocycles. The van der Waals surface area contributed by atoms with E-state index in [4.69, 9.17) is 4.42 Å². The van der Waals surface area contributed by atoms with E-state index in [0.717, 1.165) is 18.4 Å². The van der Waals surface area contributed by atoms with Gasteiger partial charge in [-0.25, -0.2) is 4.98 Å². The molecule has 0 saturated heterocycles. The number of nitrogens with zero attached hydrogens (tertiary/aromatic N) is 2. The van der Waals surface area contributed by atoms with Crippen LogP contribution in [-0.2, 0) is 0 Å². The molecule has 1 aliphatic carbocycles. The summed E-state index contributed by atoms with van der Waals surface area (Å²) in [5.41, 5.74) is 1.55. The van der Waals surface area contributed by atoms with Crippen molar-refractivity contribution in [1.82, 2.24) is 9.88 Å². The van der Waals surface area contributed by atoms with Crippen molar-refractivity contribution in [3.05, 3.63) is 42.4 Å². The van der Waals surface area contributed by atoms with Crippen LogP contribution in [0.1, 0.15) is 23.2 Å². The van der Waals surface area contributed by atoms with Gasteiger partial charge in [0.25, 0.3) is 5.91 Å². The highest BCUT2D eigenvalue weighted by atomic mass is 16.3. The van der Waals surface area contributed by atoms with Gasteiger partial charge in [0, 0.05) is 24.7 Å². The van der Waals surface area contributed by atoms with Gasteiger partial charge in [-0.3, -0.25) is 4.79 Å². The molecule has 0 aliphatic heterocycles. The van der Waals surface area contributed by atoms with Gasteiger partial charge in [-0.1, -0.05) is 12.1 Å². The average molecular weight is 286 g/mol. The van der Waals surface area contributed by atoms with Crippen LogP contribution in [0, 0.1) is 5.92 Å². The maximum atomic E-state index is 12.3. The van der Waals surface area contributed by atoms with E-state index in [-0.39, 0.29) is 12.0 Å². The van der Waals surface area contributed by atoms with Crippen LogP contribution in [0.25, 0.3) is 11.3 Å². The van der Waals surface area contributed by atoms with Crippen molar-refractivity contribution in [3.63, 3.8) is 0 Å². The predicted molar refractivity (Wildman–Crippen MR) is 77.6 cm³/mol. The fourth-order valence-electron chi connectivity index (χ4n) is 2.68. The number of carbonyl (C=O) groups excluding carboxylic acids is 1. The minimum atomic E-state index is -0.181. The largest absolute Gasteiger partial charge is 0.444 e. The molecule has 110 valence electrons. The molecular weight excluding hydrogens is 268 g/mol. The molecule has 0 radical (unpaired) electrons. The lowest BCUT2D eigenvalue weighted by molar-refractivity contribution is 0.0265. The summed E-state index contributed by atoms with van der Waals surface area (Å²) in [6, 6.07) is 7.31. The molecule has 1 heterocycles. The second-order valence-electron chi connectivity index (χ2n) is 5.62. The van der Waals surface area contributed by atoms with Gasteiger partial charge in [0.15, 0.2) is 12.2 Å². The Labute approximate surface area is 123 Å². The van der Waals surface area contributed by atoms with Gasteiger partial charge in [0.2, 0.25) is 0 Å². The minimum absolute atomic E-state index is 0.000472. The number of amides is 1. The van der Waals surface area contributed by atoms with E-state index in [2.05, 4.69) is 4.98 Å². The fraction of sp³-hybridized carbons (Fsp3) is 0.375. The number of carbonyl (C=O) groups is 1. The molecule has 0 unspecified atom stereocenters. The van der Waals surface area contributed by atoms with E-state index >= 15 is 0 Å². The van der Waals surface area contributed by atoms with E-state index in [0.29, 0.717) is 23.8 Å². The van der Waals surface area contributed by atoms with Crippen LogP contribution in [-0.4, -0.2) is 40.6 Å². The van der Waals surface area contributed by atoms with Crippen molar-refractivity contribution in [3.8, 4) is 11.3 Å². The summed E-state index contributed by atoms with van der Waals surface area (Å²) in [4.78, 5) is 17.9. The monoisotopic (exact) mass is 286 g/mol. The third-order valence-electron chi connectivity index (χ3n) is 3.94. The normalized spacial score (nSPS) is 20.9. The number of benzene rings is 1. The summed E-state index contributed by atoms with van der Waals surface area (Å²) in [5, 5.41) is 9.29. The van der Waals surface area contributed by atoms with Crippen LogP contribution in [0.15, 0.2) is 41.3 Å². The van der Waals surface area contributed by atoms with Crippen LogP contribution >= 0.6 is 0 Å². The first kappa shape index (κ1) is 13.8. The SMILES string of the molecule is CN(CC1CC(O)C1)C(=O)c1ccc(-c2cnco2)cc1. The average Bonchev–Trinajstić information content (AvgIpc) is 2.99. The molecule has 0 spiro atoms. The molecule has 1 aliphatic rings. The van der Waals surface area contributed by atoms with Gasteiger partial charge in [0.05, 0.1) is 12.3 Å². The lowest BCUT2D eigenvalue weighted by atomic mass is 9.82. The van der Waals surface area contributed by atoms with Gasteiger partial charge in [-0.2, -0.15) is 0 Å². The lowest BCUT2D eigenvalue weighted by Gasteiger charge is -2.34. The first-order valence-electron chi connectivity index (χ1n) is 7.06. The van der Waals surface area contributed by atoms with Crippen LogP contribution in [0.2, 0.25) is 0 Å². The summed E-state index contributed by atoms with van der Waals surface area (Å²) in [6.07, 6.45) is 4.43. The van der Waals surface area contributed by atoms with E-state index in [1.807, 2.05) is 12.1 Å². The molecule has 0 bridgehead atoms. The number of hydrogen-bond acceptors (Lipinski definition) is 4. The van der Waals surface area contributed by atoms with Crippen molar-refractivity contribution in [2.24, 2.45) is 5.92 Å².